The summed E-state index contributed by atoms with van der Waals surface area (Å²) in [7, 11) is 1.70. The molecule has 0 amide bonds. The number of carboxylic acids is 2. The van der Waals surface area contributed by atoms with Crippen LogP contribution in [-0.2, 0) is 25.7 Å². The zero-order chi connectivity index (χ0) is 26.9. The number of methoxy groups -OCH3 is 1. The number of likely N-dealkylation sites (tertiary alicyclic amines) is 1. The molecule has 0 radical (unpaired) electrons. The second kappa shape index (κ2) is 17.3. The van der Waals surface area contributed by atoms with Crippen LogP contribution in [0, 0.1) is 0 Å². The predicted octanol–water partition coefficient (Wildman–Crippen LogP) is 4.10. The maximum Gasteiger partial charge on any atom is 0.414 e. The smallest absolute Gasteiger partial charge is 0.414 e. The average molecular weight is 518 g/mol. The van der Waals surface area contributed by atoms with Gasteiger partial charge in [-0.05, 0) is 37.1 Å². The van der Waals surface area contributed by atoms with Crippen molar-refractivity contribution in [2.45, 2.75) is 51.4 Å². The molecule has 9 heteroatoms. The van der Waals surface area contributed by atoms with Crippen LogP contribution in [0.2, 0.25) is 0 Å². The molecule has 0 saturated carbocycles. The van der Waals surface area contributed by atoms with E-state index in [4.69, 9.17) is 38.7 Å². The molecule has 37 heavy (non-hydrogen) atoms. The summed E-state index contributed by atoms with van der Waals surface area (Å²) in [6.07, 6.45) is 4.72. The number of rotatable bonds is 13. The Bertz CT molecular complexity index is 911. The molecule has 1 fully saturated rings. The summed E-state index contributed by atoms with van der Waals surface area (Å²) < 4.78 is 23.9. The standard InChI is InChI=1S/C26H37NO4.C2H2O4/c1-3-4-10-16-27-17-15-25(26(20-27)29-19-18-28-2)31-24-14-9-8-13-23(24)30-21-22-11-6-5-7-12-22;3-1(4)2(5)6/h5-9,11-14,25-26H,3-4,10,15-21H2,1-2H3;(H,3,4)(H,5,6)/t25-,26-;/m0./s1. The van der Waals surface area contributed by atoms with E-state index in [1.54, 1.807) is 7.11 Å². The van der Waals surface area contributed by atoms with Gasteiger partial charge in [0.15, 0.2) is 11.5 Å². The molecule has 2 atom stereocenters. The van der Waals surface area contributed by atoms with Crippen molar-refractivity contribution in [3.8, 4) is 11.5 Å². The maximum absolute atomic E-state index is 9.10. The number of unbranched alkanes of at least 4 members (excludes halogenated alkanes) is 2. The Morgan fingerprint density at radius 2 is 1.59 bits per heavy atom. The van der Waals surface area contributed by atoms with Crippen molar-refractivity contribution in [1.82, 2.24) is 4.90 Å². The molecule has 9 nitrogen and oxygen atoms in total. The number of piperidine rings is 1. The summed E-state index contributed by atoms with van der Waals surface area (Å²) in [6.45, 7) is 6.99. The van der Waals surface area contributed by atoms with Crippen LogP contribution in [0.15, 0.2) is 54.6 Å². The number of benzene rings is 2. The van der Waals surface area contributed by atoms with Gasteiger partial charge in [-0.15, -0.1) is 0 Å². The molecular formula is C28H39NO8. The third-order valence-electron chi connectivity index (χ3n) is 5.83. The average Bonchev–Trinajstić information content (AvgIpc) is 2.90. The summed E-state index contributed by atoms with van der Waals surface area (Å²) in [5.41, 5.74) is 1.14. The fraction of sp³-hybridized carbons (Fsp3) is 0.500. The molecule has 0 unspecified atom stereocenters. The highest BCUT2D eigenvalue weighted by Crippen LogP contribution is 2.31. The Kier molecular flexibility index (Phi) is 14.1. The van der Waals surface area contributed by atoms with E-state index in [2.05, 4.69) is 24.0 Å². The highest BCUT2D eigenvalue weighted by molar-refractivity contribution is 6.27. The van der Waals surface area contributed by atoms with Crippen LogP contribution in [0.1, 0.15) is 38.2 Å². The minimum atomic E-state index is -1.82. The van der Waals surface area contributed by atoms with Crippen molar-refractivity contribution < 1.29 is 38.7 Å². The number of nitrogens with zero attached hydrogens (tertiary/aromatic N) is 1. The van der Waals surface area contributed by atoms with Gasteiger partial charge in [-0.3, -0.25) is 0 Å². The number of aliphatic carboxylic acids is 2. The highest BCUT2D eigenvalue weighted by atomic mass is 16.6. The van der Waals surface area contributed by atoms with Crippen LogP contribution in [0.25, 0.3) is 0 Å². The molecule has 0 spiro atoms. The van der Waals surface area contributed by atoms with Gasteiger partial charge in [-0.25, -0.2) is 9.59 Å². The van der Waals surface area contributed by atoms with Gasteiger partial charge in [0, 0.05) is 20.2 Å². The molecule has 1 saturated heterocycles. The Balaban J connectivity index is 0.000000717. The van der Waals surface area contributed by atoms with Crippen LogP contribution in [0.5, 0.6) is 11.5 Å². The summed E-state index contributed by atoms with van der Waals surface area (Å²) in [4.78, 5) is 20.7. The minimum absolute atomic E-state index is 0.000701. The zero-order valence-electron chi connectivity index (χ0n) is 21.7. The number of ether oxygens (including phenoxy) is 4. The molecule has 2 aromatic rings. The molecule has 0 bridgehead atoms. The largest absolute Gasteiger partial charge is 0.485 e. The Hall–Kier alpha value is -3.14. The first kappa shape index (κ1) is 30.1. The van der Waals surface area contributed by atoms with Crippen molar-refractivity contribution in [2.75, 3.05) is 40.0 Å². The van der Waals surface area contributed by atoms with E-state index >= 15 is 0 Å². The van der Waals surface area contributed by atoms with Crippen LogP contribution in [0.3, 0.4) is 0 Å². The Morgan fingerprint density at radius 3 is 2.24 bits per heavy atom. The number of hydrogen-bond donors (Lipinski definition) is 2. The third kappa shape index (κ3) is 11.6. The van der Waals surface area contributed by atoms with Gasteiger partial charge < -0.3 is 34.1 Å². The van der Waals surface area contributed by atoms with Gasteiger partial charge in [0.25, 0.3) is 0 Å². The molecule has 3 rings (SSSR count). The number of carbonyl (C=O) groups is 2. The monoisotopic (exact) mass is 517 g/mol. The molecule has 2 N–H and O–H groups in total. The lowest BCUT2D eigenvalue weighted by molar-refractivity contribution is -0.159. The van der Waals surface area contributed by atoms with Gasteiger partial charge >= 0.3 is 11.9 Å². The first-order chi connectivity index (χ1) is 17.9. The number of para-hydroxylation sites is 2. The van der Waals surface area contributed by atoms with Gasteiger partial charge in [0.2, 0.25) is 0 Å². The second-order valence-corrected chi connectivity index (χ2v) is 8.69. The zero-order valence-corrected chi connectivity index (χ0v) is 21.7. The Morgan fingerprint density at radius 1 is 0.919 bits per heavy atom. The van der Waals surface area contributed by atoms with Gasteiger partial charge in [-0.2, -0.15) is 0 Å². The summed E-state index contributed by atoms with van der Waals surface area (Å²) in [5, 5.41) is 14.8. The first-order valence-electron chi connectivity index (χ1n) is 12.7. The SMILES string of the molecule is CCCCCN1CC[C@H](Oc2ccccc2OCc2ccccc2)[C@@H](OCCOC)C1.O=C(O)C(=O)O. The van der Waals surface area contributed by atoms with E-state index in [9.17, 15) is 0 Å². The molecule has 204 valence electrons. The lowest BCUT2D eigenvalue weighted by atomic mass is 10.0. The molecule has 1 aliphatic heterocycles. The number of carboxylic acid groups (broad SMARTS) is 2. The second-order valence-electron chi connectivity index (χ2n) is 8.69. The topological polar surface area (TPSA) is 115 Å². The fourth-order valence-electron chi connectivity index (χ4n) is 3.89. The predicted molar refractivity (Wildman–Crippen MR) is 139 cm³/mol. The van der Waals surface area contributed by atoms with E-state index in [0.29, 0.717) is 19.8 Å². The Labute approximate surface area is 218 Å². The third-order valence-corrected chi connectivity index (χ3v) is 5.83. The molecule has 2 aromatic carbocycles. The normalized spacial score (nSPS) is 17.4. The minimum Gasteiger partial charge on any atom is -0.485 e. The maximum atomic E-state index is 9.10. The summed E-state index contributed by atoms with van der Waals surface area (Å²) in [5.74, 6) is -2.10. The van der Waals surface area contributed by atoms with E-state index in [1.807, 2.05) is 42.5 Å². The van der Waals surface area contributed by atoms with Gasteiger partial charge in [0.1, 0.15) is 18.8 Å². The van der Waals surface area contributed by atoms with E-state index in [-0.39, 0.29) is 12.2 Å². The van der Waals surface area contributed by atoms with E-state index in [1.165, 1.54) is 19.3 Å². The lowest BCUT2D eigenvalue weighted by Crippen LogP contribution is -2.50. The summed E-state index contributed by atoms with van der Waals surface area (Å²) in [6, 6.07) is 18.1. The molecule has 0 aliphatic carbocycles. The molecule has 1 heterocycles. The van der Waals surface area contributed by atoms with E-state index in [0.717, 1.165) is 43.1 Å². The van der Waals surface area contributed by atoms with Crippen molar-refractivity contribution in [3.63, 3.8) is 0 Å². The number of hydrogen-bond acceptors (Lipinski definition) is 7. The van der Waals surface area contributed by atoms with Crippen LogP contribution in [-0.4, -0.2) is 79.2 Å². The van der Waals surface area contributed by atoms with Crippen molar-refractivity contribution in [3.05, 3.63) is 60.2 Å². The van der Waals surface area contributed by atoms with E-state index < -0.39 is 11.9 Å². The molecular weight excluding hydrogens is 478 g/mol. The summed E-state index contributed by atoms with van der Waals surface area (Å²) >= 11 is 0. The van der Waals surface area contributed by atoms with Crippen LogP contribution in [0.4, 0.5) is 0 Å². The van der Waals surface area contributed by atoms with Gasteiger partial charge in [0.05, 0.1) is 13.2 Å². The van der Waals surface area contributed by atoms with Crippen LogP contribution >= 0.6 is 0 Å². The highest BCUT2D eigenvalue weighted by Gasteiger charge is 2.32. The first-order valence-corrected chi connectivity index (χ1v) is 12.7. The quantitative estimate of drug-likeness (QED) is 0.299. The van der Waals surface area contributed by atoms with Gasteiger partial charge in [-0.1, -0.05) is 62.2 Å². The van der Waals surface area contributed by atoms with Crippen molar-refractivity contribution in [1.29, 1.82) is 0 Å². The lowest BCUT2D eigenvalue weighted by Gasteiger charge is -2.38. The van der Waals surface area contributed by atoms with Crippen LogP contribution < -0.4 is 9.47 Å². The van der Waals surface area contributed by atoms with Crippen molar-refractivity contribution >= 4 is 11.9 Å². The molecule has 0 aromatic heterocycles. The molecule has 1 aliphatic rings. The van der Waals surface area contributed by atoms with Crippen molar-refractivity contribution in [2.24, 2.45) is 0 Å². The fourth-order valence-corrected chi connectivity index (χ4v) is 3.89.